The van der Waals surface area contributed by atoms with Gasteiger partial charge in [0.25, 0.3) is 0 Å². The van der Waals surface area contributed by atoms with Crippen LogP contribution in [0.1, 0.15) is 26.3 Å². The van der Waals surface area contributed by atoms with Crippen LogP contribution in [0.15, 0.2) is 42.7 Å². The number of hydrogen-bond donors (Lipinski definition) is 1. The summed E-state index contributed by atoms with van der Waals surface area (Å²) in [5.41, 5.74) is 1.90. The largest absolute Gasteiger partial charge is 0.354 e. The summed E-state index contributed by atoms with van der Waals surface area (Å²) in [6.45, 7) is 4.53. The standard InChI is InChI=1S/C15H19N3O/c1-3-4-7-10-16-15(19)12(2)18-11-17-13-8-5-6-9-14(13)18/h3-6,8-9,11-12H,7,10H2,1-2H3,(H,16,19)/b4-3+. The van der Waals surface area contributed by atoms with Crippen LogP contribution in [-0.2, 0) is 4.79 Å². The summed E-state index contributed by atoms with van der Waals surface area (Å²) >= 11 is 0. The van der Waals surface area contributed by atoms with E-state index in [2.05, 4.69) is 10.3 Å². The Morgan fingerprint density at radius 1 is 1.47 bits per heavy atom. The van der Waals surface area contributed by atoms with E-state index < -0.39 is 0 Å². The third kappa shape index (κ3) is 3.02. The molecule has 2 rings (SSSR count). The highest BCUT2D eigenvalue weighted by atomic mass is 16.2. The zero-order valence-corrected chi connectivity index (χ0v) is 11.3. The first-order chi connectivity index (χ1) is 9.24. The molecule has 1 unspecified atom stereocenters. The molecule has 19 heavy (non-hydrogen) atoms. The van der Waals surface area contributed by atoms with Crippen molar-refractivity contribution in [2.45, 2.75) is 26.3 Å². The molecular formula is C15H19N3O. The van der Waals surface area contributed by atoms with Crippen molar-refractivity contribution < 1.29 is 4.79 Å². The van der Waals surface area contributed by atoms with Crippen LogP contribution in [-0.4, -0.2) is 22.0 Å². The third-order valence-corrected chi connectivity index (χ3v) is 3.12. The molecule has 4 nitrogen and oxygen atoms in total. The van der Waals surface area contributed by atoms with Crippen LogP contribution in [0.2, 0.25) is 0 Å². The average Bonchev–Trinajstić information content (AvgIpc) is 2.86. The van der Waals surface area contributed by atoms with Crippen molar-refractivity contribution >= 4 is 16.9 Å². The van der Waals surface area contributed by atoms with Crippen LogP contribution in [0.5, 0.6) is 0 Å². The minimum Gasteiger partial charge on any atom is -0.354 e. The van der Waals surface area contributed by atoms with Crippen LogP contribution in [0.4, 0.5) is 0 Å². The second kappa shape index (κ2) is 6.18. The molecule has 1 aromatic heterocycles. The molecule has 0 aliphatic heterocycles. The molecule has 0 bridgehead atoms. The number of amides is 1. The van der Waals surface area contributed by atoms with Crippen molar-refractivity contribution in [3.8, 4) is 0 Å². The SMILES string of the molecule is C/C=C/CCNC(=O)C(C)n1cnc2ccccc21. The highest BCUT2D eigenvalue weighted by Gasteiger charge is 2.16. The highest BCUT2D eigenvalue weighted by molar-refractivity contribution is 5.83. The van der Waals surface area contributed by atoms with E-state index in [1.165, 1.54) is 0 Å². The molecule has 0 aliphatic rings. The number of fused-ring (bicyclic) bond motifs is 1. The smallest absolute Gasteiger partial charge is 0.242 e. The average molecular weight is 257 g/mol. The Balaban J connectivity index is 2.06. The number of aromatic nitrogens is 2. The van der Waals surface area contributed by atoms with Gasteiger partial charge < -0.3 is 9.88 Å². The van der Waals surface area contributed by atoms with Gasteiger partial charge in [0.05, 0.1) is 17.4 Å². The molecule has 2 aromatic rings. The van der Waals surface area contributed by atoms with E-state index >= 15 is 0 Å². The van der Waals surface area contributed by atoms with E-state index in [-0.39, 0.29) is 11.9 Å². The predicted molar refractivity (Wildman–Crippen MR) is 76.9 cm³/mol. The molecule has 0 aliphatic carbocycles. The Labute approximate surface area is 113 Å². The number of nitrogens with zero attached hydrogens (tertiary/aromatic N) is 2. The quantitative estimate of drug-likeness (QED) is 0.661. The second-order valence-corrected chi connectivity index (χ2v) is 4.47. The van der Waals surface area contributed by atoms with Gasteiger partial charge in [0.2, 0.25) is 5.91 Å². The van der Waals surface area contributed by atoms with E-state index in [9.17, 15) is 4.79 Å². The third-order valence-electron chi connectivity index (χ3n) is 3.12. The molecule has 4 heteroatoms. The monoisotopic (exact) mass is 257 g/mol. The molecule has 1 atom stereocenters. The van der Waals surface area contributed by atoms with Crippen LogP contribution in [0.25, 0.3) is 11.0 Å². The predicted octanol–water partition coefficient (Wildman–Crippen LogP) is 2.68. The maximum absolute atomic E-state index is 12.1. The Morgan fingerprint density at radius 3 is 3.05 bits per heavy atom. The minimum absolute atomic E-state index is 0.0210. The lowest BCUT2D eigenvalue weighted by Crippen LogP contribution is -2.31. The van der Waals surface area contributed by atoms with Gasteiger partial charge in [-0.3, -0.25) is 4.79 Å². The van der Waals surface area contributed by atoms with Crippen molar-refractivity contribution in [3.05, 3.63) is 42.7 Å². The molecule has 1 heterocycles. The van der Waals surface area contributed by atoms with Gasteiger partial charge in [-0.15, -0.1) is 0 Å². The number of benzene rings is 1. The molecule has 0 fully saturated rings. The zero-order chi connectivity index (χ0) is 13.7. The van der Waals surface area contributed by atoms with Gasteiger partial charge in [-0.05, 0) is 32.4 Å². The summed E-state index contributed by atoms with van der Waals surface area (Å²) in [5, 5.41) is 2.93. The van der Waals surface area contributed by atoms with Gasteiger partial charge in [-0.25, -0.2) is 4.98 Å². The fourth-order valence-electron chi connectivity index (χ4n) is 2.01. The molecule has 100 valence electrons. The minimum atomic E-state index is -0.252. The lowest BCUT2D eigenvalue weighted by Gasteiger charge is -2.14. The topological polar surface area (TPSA) is 46.9 Å². The summed E-state index contributed by atoms with van der Waals surface area (Å²) in [4.78, 5) is 16.4. The Kier molecular flexibility index (Phi) is 4.34. The first kappa shape index (κ1) is 13.3. The van der Waals surface area contributed by atoms with E-state index in [0.717, 1.165) is 17.5 Å². The van der Waals surface area contributed by atoms with E-state index in [1.54, 1.807) is 6.33 Å². The molecule has 0 radical (unpaired) electrons. The number of imidazole rings is 1. The molecule has 1 amide bonds. The number of hydrogen-bond acceptors (Lipinski definition) is 2. The number of para-hydroxylation sites is 2. The number of carbonyl (C=O) groups excluding carboxylic acids is 1. The number of carbonyl (C=O) groups is 1. The van der Waals surface area contributed by atoms with Crippen molar-refractivity contribution in [1.29, 1.82) is 0 Å². The van der Waals surface area contributed by atoms with Gasteiger partial charge >= 0.3 is 0 Å². The van der Waals surface area contributed by atoms with Crippen molar-refractivity contribution in [2.24, 2.45) is 0 Å². The Bertz CT molecular complexity index is 586. The molecule has 1 N–H and O–H groups in total. The fraction of sp³-hybridized carbons (Fsp3) is 0.333. The lowest BCUT2D eigenvalue weighted by atomic mass is 10.2. The van der Waals surface area contributed by atoms with Gasteiger partial charge in [0.15, 0.2) is 0 Å². The molecule has 1 aromatic carbocycles. The number of allylic oxidation sites excluding steroid dienone is 1. The van der Waals surface area contributed by atoms with E-state index in [4.69, 9.17) is 0 Å². The maximum Gasteiger partial charge on any atom is 0.242 e. The second-order valence-electron chi connectivity index (χ2n) is 4.47. The van der Waals surface area contributed by atoms with E-state index in [0.29, 0.717) is 6.54 Å². The number of rotatable bonds is 5. The summed E-state index contributed by atoms with van der Waals surface area (Å²) in [5.74, 6) is 0.0210. The van der Waals surface area contributed by atoms with Crippen molar-refractivity contribution in [2.75, 3.05) is 6.54 Å². The number of nitrogens with one attached hydrogen (secondary N) is 1. The molecule has 0 saturated heterocycles. The lowest BCUT2D eigenvalue weighted by molar-refractivity contribution is -0.123. The fourth-order valence-corrected chi connectivity index (χ4v) is 2.01. The van der Waals surface area contributed by atoms with Gasteiger partial charge in [0.1, 0.15) is 6.04 Å². The first-order valence-electron chi connectivity index (χ1n) is 6.54. The summed E-state index contributed by atoms with van der Waals surface area (Å²) in [7, 11) is 0. The van der Waals surface area contributed by atoms with Crippen LogP contribution >= 0.6 is 0 Å². The molecule has 0 saturated carbocycles. The van der Waals surface area contributed by atoms with Crippen molar-refractivity contribution in [1.82, 2.24) is 14.9 Å². The van der Waals surface area contributed by atoms with Crippen molar-refractivity contribution in [3.63, 3.8) is 0 Å². The van der Waals surface area contributed by atoms with E-state index in [1.807, 2.05) is 54.8 Å². The summed E-state index contributed by atoms with van der Waals surface area (Å²) in [6, 6.07) is 7.57. The normalized spacial score (nSPS) is 12.9. The zero-order valence-electron chi connectivity index (χ0n) is 11.3. The van der Waals surface area contributed by atoms with Crippen LogP contribution < -0.4 is 5.32 Å². The summed E-state index contributed by atoms with van der Waals surface area (Å²) in [6.07, 6.45) is 6.61. The molecule has 0 spiro atoms. The van der Waals surface area contributed by atoms with Crippen LogP contribution in [0.3, 0.4) is 0 Å². The summed E-state index contributed by atoms with van der Waals surface area (Å²) < 4.78 is 1.90. The van der Waals surface area contributed by atoms with Gasteiger partial charge in [-0.2, -0.15) is 0 Å². The maximum atomic E-state index is 12.1. The highest BCUT2D eigenvalue weighted by Crippen LogP contribution is 2.17. The molecular weight excluding hydrogens is 238 g/mol. The Hall–Kier alpha value is -2.10. The van der Waals surface area contributed by atoms with Crippen LogP contribution in [0, 0.1) is 0 Å². The van der Waals surface area contributed by atoms with Gasteiger partial charge in [-0.1, -0.05) is 24.3 Å². The Morgan fingerprint density at radius 2 is 2.26 bits per heavy atom. The van der Waals surface area contributed by atoms with Gasteiger partial charge in [0, 0.05) is 6.54 Å². The first-order valence-corrected chi connectivity index (χ1v) is 6.54.